The molecule has 0 radical (unpaired) electrons. The molecule has 0 bridgehead atoms. The largest absolute Gasteiger partial charge is 0.573 e. The summed E-state index contributed by atoms with van der Waals surface area (Å²) in [5, 5.41) is 0. The second-order valence-corrected chi connectivity index (χ2v) is 5.94. The van der Waals surface area contributed by atoms with Crippen LogP contribution in [0.15, 0.2) is 24.3 Å². The summed E-state index contributed by atoms with van der Waals surface area (Å²) in [5.41, 5.74) is -0.158. The molecule has 0 spiro atoms. The zero-order valence-electron chi connectivity index (χ0n) is 10.8. The summed E-state index contributed by atoms with van der Waals surface area (Å²) in [6.45, 7) is 1.44. The molecule has 0 aliphatic heterocycles. The monoisotopic (exact) mass is 350 g/mol. The lowest BCUT2D eigenvalue weighted by atomic mass is 9.61. The van der Waals surface area contributed by atoms with Crippen molar-refractivity contribution in [2.75, 3.05) is 0 Å². The summed E-state index contributed by atoms with van der Waals surface area (Å²) in [4.78, 5) is 11.1. The molecule has 1 unspecified atom stereocenters. The molecule has 1 aliphatic carbocycles. The second-order valence-electron chi connectivity index (χ2n) is 5.03. The topological polar surface area (TPSA) is 26.3 Å². The molecule has 1 aliphatic rings. The number of halogens is 4. The van der Waals surface area contributed by atoms with E-state index in [-0.39, 0.29) is 11.5 Å². The average Bonchev–Trinajstić information content (AvgIpc) is 2.27. The van der Waals surface area contributed by atoms with E-state index < -0.39 is 16.6 Å². The van der Waals surface area contributed by atoms with E-state index in [2.05, 4.69) is 20.7 Å². The summed E-state index contributed by atoms with van der Waals surface area (Å²) in [5.74, 6) is -0.308. The zero-order chi connectivity index (χ0) is 15.0. The molecule has 0 N–H and O–H groups in total. The maximum atomic E-state index is 12.5. The minimum absolute atomic E-state index is 0.0912. The van der Waals surface area contributed by atoms with Crippen molar-refractivity contribution >= 4 is 21.7 Å². The first-order valence-corrected chi connectivity index (χ1v) is 7.18. The molecule has 1 saturated carbocycles. The second kappa shape index (κ2) is 5.39. The molecule has 2 rings (SSSR count). The number of ketones is 1. The molecule has 110 valence electrons. The lowest BCUT2D eigenvalue weighted by Gasteiger charge is -2.45. The highest BCUT2D eigenvalue weighted by molar-refractivity contribution is 9.10. The van der Waals surface area contributed by atoms with Gasteiger partial charge in [0.15, 0.2) is 0 Å². The Morgan fingerprint density at radius 3 is 2.40 bits per heavy atom. The lowest BCUT2D eigenvalue weighted by molar-refractivity contribution is -0.275. The van der Waals surface area contributed by atoms with Crippen LogP contribution >= 0.6 is 15.9 Å². The van der Waals surface area contributed by atoms with Gasteiger partial charge >= 0.3 is 6.36 Å². The third kappa shape index (κ3) is 2.85. The Bertz CT molecular complexity index is 509. The number of ether oxygens (including phenoxy) is 1. The number of hydrogen-bond acceptors (Lipinski definition) is 2. The number of hydrogen-bond donors (Lipinski definition) is 0. The maximum Gasteiger partial charge on any atom is 0.573 e. The third-order valence-electron chi connectivity index (χ3n) is 3.74. The summed E-state index contributed by atoms with van der Waals surface area (Å²) >= 11 is 3.34. The molecule has 1 aromatic rings. The van der Waals surface area contributed by atoms with Gasteiger partial charge in [-0.15, -0.1) is 13.2 Å². The highest BCUT2D eigenvalue weighted by Crippen LogP contribution is 2.52. The molecule has 6 heteroatoms. The normalized spacial score (nSPS) is 19.1. The molecule has 0 amide bonds. The molecule has 20 heavy (non-hydrogen) atoms. The van der Waals surface area contributed by atoms with Crippen LogP contribution in [0.4, 0.5) is 13.2 Å². The van der Waals surface area contributed by atoms with E-state index in [1.54, 1.807) is 12.1 Å². The molecule has 1 aromatic carbocycles. The number of rotatable bonds is 4. The van der Waals surface area contributed by atoms with Gasteiger partial charge in [0.2, 0.25) is 0 Å². The molecule has 1 fully saturated rings. The number of Topliss-reactive ketones (excluding diaryl/α,β-unsaturated/α-hetero) is 1. The van der Waals surface area contributed by atoms with Crippen LogP contribution in [0.2, 0.25) is 0 Å². The van der Waals surface area contributed by atoms with E-state index in [0.717, 1.165) is 6.42 Å². The van der Waals surface area contributed by atoms with Crippen molar-refractivity contribution in [1.29, 1.82) is 0 Å². The molecule has 0 aromatic heterocycles. The fourth-order valence-corrected chi connectivity index (χ4v) is 3.40. The highest BCUT2D eigenvalue weighted by atomic mass is 79.9. The smallest absolute Gasteiger partial charge is 0.405 e. The Morgan fingerprint density at radius 2 is 1.95 bits per heavy atom. The fraction of sp³-hybridized carbons (Fsp3) is 0.500. The highest BCUT2D eigenvalue weighted by Gasteiger charge is 2.48. The summed E-state index contributed by atoms with van der Waals surface area (Å²) in [6, 6.07) is 6.06. The van der Waals surface area contributed by atoms with Crippen molar-refractivity contribution in [3.8, 4) is 5.75 Å². The number of benzene rings is 1. The van der Waals surface area contributed by atoms with Crippen molar-refractivity contribution in [3.05, 3.63) is 29.8 Å². The fourth-order valence-electron chi connectivity index (χ4n) is 2.70. The third-order valence-corrected chi connectivity index (χ3v) is 5.26. The van der Waals surface area contributed by atoms with Gasteiger partial charge in [0, 0.05) is 11.0 Å². The van der Waals surface area contributed by atoms with Crippen LogP contribution < -0.4 is 4.74 Å². The predicted molar refractivity (Wildman–Crippen MR) is 72.1 cm³/mol. The first-order chi connectivity index (χ1) is 9.26. The van der Waals surface area contributed by atoms with Crippen LogP contribution in [0.3, 0.4) is 0 Å². The van der Waals surface area contributed by atoms with E-state index in [0.29, 0.717) is 18.4 Å². The summed E-state index contributed by atoms with van der Waals surface area (Å²) < 4.78 is 41.6. The van der Waals surface area contributed by atoms with Gasteiger partial charge in [-0.1, -0.05) is 40.5 Å². The predicted octanol–water partition coefficient (Wildman–Crippen LogP) is 4.36. The minimum atomic E-state index is -4.74. The van der Waals surface area contributed by atoms with Gasteiger partial charge in [0.05, 0.1) is 4.83 Å². The van der Waals surface area contributed by atoms with Gasteiger partial charge in [-0.25, -0.2) is 0 Å². The van der Waals surface area contributed by atoms with Crippen LogP contribution in [0, 0.1) is 0 Å². The maximum absolute atomic E-state index is 12.5. The van der Waals surface area contributed by atoms with E-state index in [4.69, 9.17) is 0 Å². The van der Waals surface area contributed by atoms with E-state index >= 15 is 0 Å². The summed E-state index contributed by atoms with van der Waals surface area (Å²) in [7, 11) is 0. The minimum Gasteiger partial charge on any atom is -0.405 e. The average molecular weight is 351 g/mol. The van der Waals surface area contributed by atoms with Crippen LogP contribution in [0.1, 0.15) is 31.7 Å². The van der Waals surface area contributed by atoms with Gasteiger partial charge in [-0.05, 0) is 25.8 Å². The van der Waals surface area contributed by atoms with Crippen molar-refractivity contribution in [1.82, 2.24) is 0 Å². The van der Waals surface area contributed by atoms with Crippen molar-refractivity contribution in [2.24, 2.45) is 0 Å². The number of carbonyl (C=O) groups excluding carboxylic acids is 1. The van der Waals surface area contributed by atoms with E-state index in [1.165, 1.54) is 19.1 Å². The van der Waals surface area contributed by atoms with E-state index in [1.807, 2.05) is 0 Å². The quantitative estimate of drug-likeness (QED) is 0.754. The van der Waals surface area contributed by atoms with Crippen molar-refractivity contribution in [3.63, 3.8) is 0 Å². The molecule has 2 nitrogen and oxygen atoms in total. The Hall–Kier alpha value is -1.04. The number of carbonyl (C=O) groups is 1. The van der Waals surface area contributed by atoms with Crippen molar-refractivity contribution < 1.29 is 22.7 Å². The molecular formula is C14H14BrF3O2. The van der Waals surface area contributed by atoms with Gasteiger partial charge in [-0.3, -0.25) is 4.79 Å². The lowest BCUT2D eigenvalue weighted by Crippen LogP contribution is -2.46. The van der Waals surface area contributed by atoms with Gasteiger partial charge in [-0.2, -0.15) is 0 Å². The van der Waals surface area contributed by atoms with Gasteiger partial charge < -0.3 is 4.74 Å². The zero-order valence-corrected chi connectivity index (χ0v) is 12.4. The summed E-state index contributed by atoms with van der Waals surface area (Å²) in [6.07, 6.45) is -2.52. The van der Waals surface area contributed by atoms with Gasteiger partial charge in [0.25, 0.3) is 0 Å². The Labute approximate surface area is 123 Å². The number of alkyl halides is 4. The van der Waals surface area contributed by atoms with Crippen LogP contribution in [-0.2, 0) is 10.2 Å². The first kappa shape index (κ1) is 15.4. The molecule has 1 atom stereocenters. The Morgan fingerprint density at radius 1 is 1.35 bits per heavy atom. The first-order valence-electron chi connectivity index (χ1n) is 6.26. The van der Waals surface area contributed by atoms with Crippen LogP contribution in [0.25, 0.3) is 0 Å². The van der Waals surface area contributed by atoms with Crippen LogP contribution in [0.5, 0.6) is 5.75 Å². The van der Waals surface area contributed by atoms with Gasteiger partial charge in [0.1, 0.15) is 11.5 Å². The Balaban J connectivity index is 2.43. The standard InChI is InChI=1S/C14H14BrF3O2/c1-9(19)12(15)13(7-4-8-13)10-5-2-3-6-11(10)20-14(16,17)18/h2-3,5-6,12H,4,7-8H2,1H3. The van der Waals surface area contributed by atoms with Crippen molar-refractivity contribution in [2.45, 2.75) is 42.8 Å². The number of para-hydroxylation sites is 1. The Kier molecular flexibility index (Phi) is 4.14. The van der Waals surface area contributed by atoms with E-state index in [9.17, 15) is 18.0 Å². The molecular weight excluding hydrogens is 337 g/mol. The van der Waals surface area contributed by atoms with Crippen LogP contribution in [-0.4, -0.2) is 17.0 Å². The molecule has 0 saturated heterocycles. The molecule has 0 heterocycles. The SMILES string of the molecule is CC(=O)C(Br)C1(c2ccccc2OC(F)(F)F)CCC1.